The third-order valence-corrected chi connectivity index (χ3v) is 5.84. The van der Waals surface area contributed by atoms with Gasteiger partial charge >= 0.3 is 0 Å². The molecule has 0 radical (unpaired) electrons. The first-order valence-corrected chi connectivity index (χ1v) is 9.76. The summed E-state index contributed by atoms with van der Waals surface area (Å²) in [6.45, 7) is 4.12. The van der Waals surface area contributed by atoms with Crippen LogP contribution in [-0.4, -0.2) is 57.8 Å². The molecule has 25 heavy (non-hydrogen) atoms. The molecular formula is C18H33N7. The SMILES string of the molecule is CN=C(NCc1ncnn1C)NCC1(N2CCCCC2)CCCCC1. The molecule has 1 saturated heterocycles. The van der Waals surface area contributed by atoms with Gasteiger partial charge in [-0.1, -0.05) is 25.7 Å². The van der Waals surface area contributed by atoms with Gasteiger partial charge in [-0.15, -0.1) is 0 Å². The second-order valence-electron chi connectivity index (χ2n) is 7.41. The molecule has 2 N–H and O–H groups in total. The van der Waals surface area contributed by atoms with E-state index in [9.17, 15) is 0 Å². The van der Waals surface area contributed by atoms with Crippen molar-refractivity contribution in [3.05, 3.63) is 12.2 Å². The van der Waals surface area contributed by atoms with E-state index in [0.717, 1.165) is 18.3 Å². The molecule has 7 heteroatoms. The number of likely N-dealkylation sites (tertiary alicyclic amines) is 1. The van der Waals surface area contributed by atoms with E-state index in [-0.39, 0.29) is 0 Å². The van der Waals surface area contributed by atoms with Crippen molar-refractivity contribution in [3.8, 4) is 0 Å². The maximum atomic E-state index is 4.40. The fraction of sp³-hybridized carbons (Fsp3) is 0.833. The van der Waals surface area contributed by atoms with Crippen molar-refractivity contribution in [2.24, 2.45) is 12.0 Å². The molecule has 2 aliphatic rings. The molecule has 0 spiro atoms. The zero-order valence-corrected chi connectivity index (χ0v) is 15.8. The lowest BCUT2D eigenvalue weighted by atomic mass is 9.79. The van der Waals surface area contributed by atoms with Gasteiger partial charge in [-0.25, -0.2) is 4.98 Å². The number of aryl methyl sites for hydroxylation is 1. The van der Waals surface area contributed by atoms with Crippen LogP contribution in [0.1, 0.15) is 57.2 Å². The molecule has 140 valence electrons. The number of piperidine rings is 1. The molecule has 1 aromatic rings. The van der Waals surface area contributed by atoms with Crippen molar-refractivity contribution in [1.29, 1.82) is 0 Å². The Hall–Kier alpha value is -1.63. The highest BCUT2D eigenvalue weighted by atomic mass is 15.3. The fourth-order valence-corrected chi connectivity index (χ4v) is 4.29. The summed E-state index contributed by atoms with van der Waals surface area (Å²) < 4.78 is 1.79. The smallest absolute Gasteiger partial charge is 0.191 e. The van der Waals surface area contributed by atoms with Gasteiger partial charge in [-0.2, -0.15) is 5.10 Å². The third kappa shape index (κ3) is 4.51. The number of rotatable bonds is 5. The van der Waals surface area contributed by atoms with Crippen LogP contribution in [0.15, 0.2) is 11.3 Å². The molecule has 1 aliphatic heterocycles. The van der Waals surface area contributed by atoms with Gasteiger partial charge in [-0.3, -0.25) is 14.6 Å². The van der Waals surface area contributed by atoms with E-state index in [2.05, 4.69) is 30.6 Å². The summed E-state index contributed by atoms with van der Waals surface area (Å²) in [5.41, 5.74) is 0.307. The molecule has 2 fully saturated rings. The number of aromatic nitrogens is 3. The molecule has 7 nitrogen and oxygen atoms in total. The highest BCUT2D eigenvalue weighted by molar-refractivity contribution is 5.79. The Labute approximate surface area is 151 Å². The first-order valence-electron chi connectivity index (χ1n) is 9.76. The van der Waals surface area contributed by atoms with Crippen LogP contribution in [0.4, 0.5) is 0 Å². The Balaban J connectivity index is 1.58. The molecule has 0 atom stereocenters. The summed E-state index contributed by atoms with van der Waals surface area (Å²) in [6.07, 6.45) is 12.4. The molecule has 0 amide bonds. The van der Waals surface area contributed by atoms with Crippen molar-refractivity contribution in [2.75, 3.05) is 26.7 Å². The quantitative estimate of drug-likeness (QED) is 0.626. The Morgan fingerprint density at radius 2 is 1.84 bits per heavy atom. The largest absolute Gasteiger partial charge is 0.355 e. The highest BCUT2D eigenvalue weighted by Gasteiger charge is 2.38. The molecule has 0 bridgehead atoms. The van der Waals surface area contributed by atoms with Crippen LogP contribution < -0.4 is 10.6 Å². The summed E-state index contributed by atoms with van der Waals surface area (Å²) in [6, 6.07) is 0. The number of guanidine groups is 1. The van der Waals surface area contributed by atoms with Gasteiger partial charge in [0, 0.05) is 26.2 Å². The zero-order chi connectivity index (χ0) is 17.5. The fourth-order valence-electron chi connectivity index (χ4n) is 4.29. The minimum absolute atomic E-state index is 0.307. The van der Waals surface area contributed by atoms with E-state index in [1.807, 2.05) is 14.1 Å². The van der Waals surface area contributed by atoms with E-state index in [1.54, 1.807) is 11.0 Å². The summed E-state index contributed by atoms with van der Waals surface area (Å²) >= 11 is 0. The second kappa shape index (κ2) is 8.65. The standard InChI is InChI=1S/C18H33N7/c1-19-17(20-13-16-22-15-23-24(16)2)21-14-18(9-5-3-6-10-18)25-11-7-4-8-12-25/h15H,3-14H2,1-2H3,(H2,19,20,21). The highest BCUT2D eigenvalue weighted by Crippen LogP contribution is 2.35. The van der Waals surface area contributed by atoms with Crippen molar-refractivity contribution < 1.29 is 0 Å². The molecule has 1 saturated carbocycles. The maximum Gasteiger partial charge on any atom is 0.191 e. The summed E-state index contributed by atoms with van der Waals surface area (Å²) in [7, 11) is 3.74. The average molecular weight is 348 g/mol. The molecule has 1 aliphatic carbocycles. The van der Waals surface area contributed by atoms with Gasteiger partial charge in [0.1, 0.15) is 12.2 Å². The normalized spacial score (nSPS) is 21.9. The lowest BCUT2D eigenvalue weighted by Gasteiger charge is -2.48. The first kappa shape index (κ1) is 18.2. The van der Waals surface area contributed by atoms with Gasteiger partial charge in [0.25, 0.3) is 0 Å². The van der Waals surface area contributed by atoms with Gasteiger partial charge in [0.2, 0.25) is 0 Å². The zero-order valence-electron chi connectivity index (χ0n) is 15.8. The number of aliphatic imine (C=N–C) groups is 1. The molecule has 3 rings (SSSR count). The minimum Gasteiger partial charge on any atom is -0.355 e. The van der Waals surface area contributed by atoms with Crippen LogP contribution in [0.25, 0.3) is 0 Å². The van der Waals surface area contributed by atoms with Crippen molar-refractivity contribution in [1.82, 2.24) is 30.3 Å². The first-order chi connectivity index (χ1) is 12.2. The summed E-state index contributed by atoms with van der Waals surface area (Å²) in [5, 5.41) is 11.1. The monoisotopic (exact) mass is 347 g/mol. The predicted octanol–water partition coefficient (Wildman–Crippen LogP) is 1.67. The van der Waals surface area contributed by atoms with E-state index >= 15 is 0 Å². The number of nitrogens with zero attached hydrogens (tertiary/aromatic N) is 5. The summed E-state index contributed by atoms with van der Waals surface area (Å²) in [5.74, 6) is 1.76. The summed E-state index contributed by atoms with van der Waals surface area (Å²) in [4.78, 5) is 11.4. The Bertz CT molecular complexity index is 554. The van der Waals surface area contributed by atoms with Crippen molar-refractivity contribution >= 4 is 5.96 Å². The van der Waals surface area contributed by atoms with Crippen LogP contribution in [0.3, 0.4) is 0 Å². The maximum absolute atomic E-state index is 4.40. The molecular weight excluding hydrogens is 314 g/mol. The van der Waals surface area contributed by atoms with Gasteiger partial charge in [-0.05, 0) is 38.8 Å². The van der Waals surface area contributed by atoms with Crippen molar-refractivity contribution in [2.45, 2.75) is 63.5 Å². The van der Waals surface area contributed by atoms with Crippen LogP contribution in [-0.2, 0) is 13.6 Å². The lowest BCUT2D eigenvalue weighted by molar-refractivity contribution is 0.0368. The van der Waals surface area contributed by atoms with Gasteiger partial charge < -0.3 is 10.6 Å². The predicted molar refractivity (Wildman–Crippen MR) is 100 cm³/mol. The van der Waals surface area contributed by atoms with E-state index < -0.39 is 0 Å². The lowest BCUT2D eigenvalue weighted by Crippen LogP contribution is -2.59. The van der Waals surface area contributed by atoms with Crippen LogP contribution >= 0.6 is 0 Å². The Morgan fingerprint density at radius 1 is 1.12 bits per heavy atom. The second-order valence-corrected chi connectivity index (χ2v) is 7.41. The van der Waals surface area contributed by atoms with Gasteiger partial charge in [0.15, 0.2) is 5.96 Å². The third-order valence-electron chi connectivity index (χ3n) is 5.84. The Kier molecular flexibility index (Phi) is 6.29. The van der Waals surface area contributed by atoms with E-state index in [1.165, 1.54) is 64.5 Å². The number of nitrogens with one attached hydrogen (secondary N) is 2. The topological polar surface area (TPSA) is 70.4 Å². The Morgan fingerprint density at radius 3 is 2.48 bits per heavy atom. The van der Waals surface area contributed by atoms with E-state index in [0.29, 0.717) is 12.1 Å². The van der Waals surface area contributed by atoms with Crippen LogP contribution in [0.2, 0.25) is 0 Å². The number of hydrogen-bond donors (Lipinski definition) is 2. The van der Waals surface area contributed by atoms with E-state index in [4.69, 9.17) is 0 Å². The average Bonchev–Trinajstić information content (AvgIpc) is 3.08. The molecule has 1 aromatic heterocycles. The van der Waals surface area contributed by atoms with Crippen LogP contribution in [0.5, 0.6) is 0 Å². The molecule has 0 aromatic carbocycles. The van der Waals surface area contributed by atoms with Crippen LogP contribution in [0, 0.1) is 0 Å². The molecule has 0 unspecified atom stereocenters. The molecule has 2 heterocycles. The number of hydrogen-bond acceptors (Lipinski definition) is 4. The van der Waals surface area contributed by atoms with Crippen molar-refractivity contribution in [3.63, 3.8) is 0 Å². The van der Waals surface area contributed by atoms with Gasteiger partial charge in [0.05, 0.1) is 6.54 Å². The minimum atomic E-state index is 0.307.